The van der Waals surface area contributed by atoms with Gasteiger partial charge in [0.15, 0.2) is 0 Å². The fraction of sp³-hybridized carbons (Fsp3) is 0.154. The molecule has 4 aromatic rings. The van der Waals surface area contributed by atoms with Crippen molar-refractivity contribution in [2.75, 3.05) is 24.6 Å². The summed E-state index contributed by atoms with van der Waals surface area (Å²) < 4.78 is 19.2. The second-order valence-electron chi connectivity index (χ2n) is 7.49. The Labute approximate surface area is 211 Å². The molecule has 0 amide bonds. The van der Waals surface area contributed by atoms with E-state index in [1.807, 2.05) is 31.2 Å². The van der Waals surface area contributed by atoms with E-state index in [2.05, 4.69) is 36.9 Å². The maximum absolute atomic E-state index is 13.3. The van der Waals surface area contributed by atoms with Gasteiger partial charge in [0.1, 0.15) is 12.4 Å². The van der Waals surface area contributed by atoms with Crippen LogP contribution in [0, 0.1) is 5.82 Å². The Kier molecular flexibility index (Phi) is 8.20. The molecule has 0 unspecified atom stereocenters. The van der Waals surface area contributed by atoms with Crippen LogP contribution >= 0.6 is 11.3 Å². The second kappa shape index (κ2) is 11.9. The quantitative estimate of drug-likeness (QED) is 0.126. The second-order valence-corrected chi connectivity index (χ2v) is 8.50. The summed E-state index contributed by atoms with van der Waals surface area (Å²) in [5.74, 6) is -0.757. The molecule has 1 heterocycles. The highest BCUT2D eigenvalue weighted by molar-refractivity contribution is 7.21. The van der Waals surface area contributed by atoms with E-state index < -0.39 is 5.97 Å². The first-order valence-electron chi connectivity index (χ1n) is 11.2. The summed E-state index contributed by atoms with van der Waals surface area (Å²) >= 11 is 1.35. The first-order valence-corrected chi connectivity index (χ1v) is 12.0. The maximum Gasteiger partial charge on any atom is 0.330 e. The summed E-state index contributed by atoms with van der Waals surface area (Å²) in [6.07, 6.45) is 1.15. The monoisotopic (exact) mass is 502 g/mol. The lowest BCUT2D eigenvalue weighted by Crippen LogP contribution is -2.27. The van der Waals surface area contributed by atoms with Gasteiger partial charge in [0, 0.05) is 24.4 Å². The number of aromatic nitrogens is 1. The van der Waals surface area contributed by atoms with Crippen LogP contribution in [-0.4, -0.2) is 30.6 Å². The average molecular weight is 503 g/mol. The van der Waals surface area contributed by atoms with Crippen LogP contribution in [0.25, 0.3) is 10.2 Å². The first kappa shape index (κ1) is 24.8. The molecule has 0 radical (unpaired) electrons. The molecule has 0 saturated heterocycles. The van der Waals surface area contributed by atoms with E-state index in [0.29, 0.717) is 34.3 Å². The van der Waals surface area contributed by atoms with Crippen LogP contribution in [0.1, 0.15) is 6.92 Å². The number of hydrogen-bond donors (Lipinski definition) is 0. The van der Waals surface area contributed by atoms with Crippen molar-refractivity contribution in [3.05, 3.63) is 85.2 Å². The Balaban J connectivity index is 1.34. The van der Waals surface area contributed by atoms with Gasteiger partial charge in [0.2, 0.25) is 5.13 Å². The summed E-state index contributed by atoms with van der Waals surface area (Å²) in [4.78, 5) is 17.6. The summed E-state index contributed by atoms with van der Waals surface area (Å²) in [6, 6.07) is 19.3. The Morgan fingerprint density at radius 1 is 1.00 bits per heavy atom. The molecule has 36 heavy (non-hydrogen) atoms. The fourth-order valence-corrected chi connectivity index (χ4v) is 4.02. The number of ether oxygens (including phenoxy) is 1. The molecule has 0 atom stereocenters. The number of halogens is 1. The number of carbonyl (C=O) groups is 1. The van der Waals surface area contributed by atoms with Crippen LogP contribution in [0.2, 0.25) is 0 Å². The molecule has 0 saturated carbocycles. The molecule has 0 spiro atoms. The summed E-state index contributed by atoms with van der Waals surface area (Å²) in [5, 5.41) is 17.4. The molecule has 0 aliphatic carbocycles. The van der Waals surface area contributed by atoms with Crippen molar-refractivity contribution in [1.29, 1.82) is 0 Å². The van der Waals surface area contributed by atoms with Crippen LogP contribution in [-0.2, 0) is 9.53 Å². The van der Waals surface area contributed by atoms with Gasteiger partial charge >= 0.3 is 5.97 Å². The lowest BCUT2D eigenvalue weighted by atomic mass is 10.2. The Bertz CT molecular complexity index is 1400. The molecular formula is C26H23FN6O2S. The summed E-state index contributed by atoms with van der Waals surface area (Å²) in [5.41, 5.74) is 3.59. The van der Waals surface area contributed by atoms with Gasteiger partial charge in [-0.1, -0.05) is 17.9 Å². The van der Waals surface area contributed by atoms with Crippen molar-refractivity contribution in [2.24, 2.45) is 20.5 Å². The molecule has 1 aromatic heterocycles. The number of nitrogens with zero attached hydrogens (tertiary/aromatic N) is 6. The highest BCUT2D eigenvalue weighted by Crippen LogP contribution is 2.30. The van der Waals surface area contributed by atoms with E-state index in [9.17, 15) is 9.18 Å². The van der Waals surface area contributed by atoms with Crippen molar-refractivity contribution < 1.29 is 13.9 Å². The van der Waals surface area contributed by atoms with E-state index in [0.717, 1.165) is 23.0 Å². The van der Waals surface area contributed by atoms with Gasteiger partial charge in [-0.3, -0.25) is 0 Å². The normalized spacial score (nSPS) is 11.4. The molecule has 0 aliphatic rings. The number of fused-ring (bicyclic) bond motifs is 1. The van der Waals surface area contributed by atoms with Gasteiger partial charge in [-0.2, -0.15) is 10.2 Å². The van der Waals surface area contributed by atoms with Crippen LogP contribution in [0.5, 0.6) is 0 Å². The minimum Gasteiger partial charge on any atom is -0.461 e. The minimum absolute atomic E-state index is 0.288. The van der Waals surface area contributed by atoms with Crippen molar-refractivity contribution >= 4 is 55.4 Å². The number of carbonyl (C=O) groups excluding carboxylic acids is 1. The zero-order valence-electron chi connectivity index (χ0n) is 19.5. The van der Waals surface area contributed by atoms with Gasteiger partial charge in [-0.15, -0.1) is 10.2 Å². The van der Waals surface area contributed by atoms with Crippen LogP contribution < -0.4 is 4.90 Å². The Morgan fingerprint density at radius 2 is 1.61 bits per heavy atom. The third kappa shape index (κ3) is 6.63. The molecule has 0 N–H and O–H groups in total. The number of benzene rings is 3. The minimum atomic E-state index is -0.427. The number of hydrogen-bond acceptors (Lipinski definition) is 9. The van der Waals surface area contributed by atoms with Gasteiger partial charge < -0.3 is 9.64 Å². The van der Waals surface area contributed by atoms with Crippen LogP contribution in [0.15, 0.2) is 99.8 Å². The van der Waals surface area contributed by atoms with Crippen molar-refractivity contribution in [3.8, 4) is 0 Å². The predicted molar refractivity (Wildman–Crippen MR) is 140 cm³/mol. The zero-order valence-corrected chi connectivity index (χ0v) is 20.4. The lowest BCUT2D eigenvalue weighted by Gasteiger charge is -2.22. The zero-order chi connectivity index (χ0) is 25.3. The summed E-state index contributed by atoms with van der Waals surface area (Å²) in [7, 11) is 0. The number of anilines is 1. The largest absolute Gasteiger partial charge is 0.461 e. The van der Waals surface area contributed by atoms with Crippen molar-refractivity contribution in [2.45, 2.75) is 6.92 Å². The molecular weight excluding hydrogens is 479 g/mol. The number of likely N-dealkylation sites (N-methyl/N-ethyl adjacent to an activating group) is 1. The number of esters is 1. The van der Waals surface area contributed by atoms with Crippen molar-refractivity contribution in [1.82, 2.24) is 4.98 Å². The molecule has 3 aromatic carbocycles. The van der Waals surface area contributed by atoms with Gasteiger partial charge in [0.05, 0.1) is 33.8 Å². The number of rotatable bonds is 10. The van der Waals surface area contributed by atoms with E-state index in [1.165, 1.54) is 23.5 Å². The topological polar surface area (TPSA) is 91.9 Å². The van der Waals surface area contributed by atoms with Crippen LogP contribution in [0.4, 0.5) is 32.3 Å². The van der Waals surface area contributed by atoms with Gasteiger partial charge in [0.25, 0.3) is 0 Å². The predicted octanol–water partition coefficient (Wildman–Crippen LogP) is 7.82. The van der Waals surface area contributed by atoms with E-state index in [1.54, 1.807) is 30.3 Å². The number of thiazole rings is 1. The third-order valence-electron chi connectivity index (χ3n) is 5.09. The SMILES string of the molecule is C=CC(=O)OCCN(CC)c1ccc(/N=N/c2ccc(/N=N/c3nc4cc(F)ccc4s3)cc2)cc1. The molecule has 0 aliphatic heterocycles. The molecule has 4 rings (SSSR count). The third-order valence-corrected chi connectivity index (χ3v) is 6.01. The van der Waals surface area contributed by atoms with Crippen molar-refractivity contribution in [3.63, 3.8) is 0 Å². The molecule has 0 fully saturated rings. The molecule has 10 heteroatoms. The lowest BCUT2D eigenvalue weighted by molar-refractivity contribution is -0.137. The number of azo groups is 2. The highest BCUT2D eigenvalue weighted by atomic mass is 32.1. The summed E-state index contributed by atoms with van der Waals surface area (Å²) in [6.45, 7) is 7.07. The van der Waals surface area contributed by atoms with Crippen LogP contribution in [0.3, 0.4) is 0 Å². The smallest absolute Gasteiger partial charge is 0.330 e. The highest BCUT2D eigenvalue weighted by Gasteiger charge is 2.06. The molecule has 182 valence electrons. The van der Waals surface area contributed by atoms with Gasteiger partial charge in [-0.25, -0.2) is 14.2 Å². The van der Waals surface area contributed by atoms with E-state index in [-0.39, 0.29) is 12.4 Å². The fourth-order valence-electron chi connectivity index (χ4n) is 3.25. The maximum atomic E-state index is 13.3. The molecule has 8 nitrogen and oxygen atoms in total. The Morgan fingerprint density at radius 3 is 2.22 bits per heavy atom. The first-order chi connectivity index (χ1) is 17.5. The van der Waals surface area contributed by atoms with E-state index >= 15 is 0 Å². The Hall–Kier alpha value is -4.31. The van der Waals surface area contributed by atoms with E-state index in [4.69, 9.17) is 4.74 Å². The van der Waals surface area contributed by atoms with Gasteiger partial charge in [-0.05, 0) is 67.6 Å². The standard InChI is InChI=1S/C26H23FN6O2S/c1-3-25(34)35-16-15-33(4-2)22-12-10-21(11-13-22)30-29-19-6-8-20(9-7-19)31-32-26-28-23-17-18(27)5-14-24(23)36-26/h3,5-14,17H,1,4,15-16H2,2H3/b30-29+,32-31+. The molecule has 0 bridgehead atoms. The average Bonchev–Trinajstić information content (AvgIpc) is 3.31.